The minimum atomic E-state index is -1.97. The Morgan fingerprint density at radius 2 is 0.500 bits per heavy atom. The molecule has 0 spiro atoms. The normalized spacial score (nSPS) is 10.8. The zero-order valence-corrected chi connectivity index (χ0v) is 21.7. The van der Waals surface area contributed by atoms with Crippen LogP contribution >= 0.6 is 0 Å². The second kappa shape index (κ2) is 11.9. The molecular weight excluding hydrogens is 441 g/mol. The van der Waals surface area contributed by atoms with Crippen molar-refractivity contribution >= 4 is 36.9 Å². The second-order valence-electron chi connectivity index (χ2n) is 8.02. The molecule has 0 aromatic heterocycles. The first-order chi connectivity index (χ1) is 16.7. The fourth-order valence-electron chi connectivity index (χ4n) is 4.30. The summed E-state index contributed by atoms with van der Waals surface area (Å²) in [6, 6.07) is 42.1. The Kier molecular flexibility index (Phi) is 8.75. The molecule has 4 rings (SSSR count). The third kappa shape index (κ3) is 5.09. The highest BCUT2D eigenvalue weighted by atomic mass is 28.3. The Labute approximate surface area is 207 Å². The van der Waals surface area contributed by atoms with Crippen LogP contribution in [0.4, 0.5) is 0 Å². The predicted molar refractivity (Wildman–Crippen MR) is 157 cm³/mol. The van der Waals surface area contributed by atoms with Crippen LogP contribution in [0.5, 0.6) is 0 Å². The van der Waals surface area contributed by atoms with Crippen molar-refractivity contribution in [2.45, 2.75) is 0 Å². The van der Waals surface area contributed by atoms with Gasteiger partial charge in [0.1, 0.15) is 0 Å². The van der Waals surface area contributed by atoms with Crippen LogP contribution in [0.1, 0.15) is 0 Å². The second-order valence-corrected chi connectivity index (χ2v) is 15.4. The Balaban J connectivity index is 0.000000191. The summed E-state index contributed by atoms with van der Waals surface area (Å²) in [5.74, 6) is 0. The van der Waals surface area contributed by atoms with Gasteiger partial charge in [-0.25, -0.2) is 0 Å². The zero-order chi connectivity index (χ0) is 24.3. The van der Waals surface area contributed by atoms with Gasteiger partial charge in [0.05, 0.1) is 0 Å². The minimum Gasteiger partial charge on any atom is -0.106 e. The van der Waals surface area contributed by atoms with Crippen molar-refractivity contribution in [3.05, 3.63) is 170 Å². The fraction of sp³-hybridized carbons (Fsp3) is 0. The third-order valence-electron chi connectivity index (χ3n) is 6.29. The maximum Gasteiger partial charge on any atom is 0.163 e. The van der Waals surface area contributed by atoms with Crippen LogP contribution < -0.4 is 20.7 Å². The molecule has 0 fully saturated rings. The first-order valence-electron chi connectivity index (χ1n) is 11.4. The highest BCUT2D eigenvalue weighted by Gasteiger charge is 2.31. The van der Waals surface area contributed by atoms with Crippen molar-refractivity contribution in [2.75, 3.05) is 0 Å². The zero-order valence-electron chi connectivity index (χ0n) is 19.7. The molecule has 0 unspecified atom stereocenters. The van der Waals surface area contributed by atoms with Crippen LogP contribution in [0.15, 0.2) is 170 Å². The summed E-state index contributed by atoms with van der Waals surface area (Å²) < 4.78 is 0. The number of hydrogen-bond donors (Lipinski definition) is 0. The molecule has 0 saturated carbocycles. The quantitative estimate of drug-likeness (QED) is 0.301. The Hall–Kier alpha value is -3.73. The van der Waals surface area contributed by atoms with Gasteiger partial charge in [-0.2, -0.15) is 0 Å². The van der Waals surface area contributed by atoms with Crippen molar-refractivity contribution in [3.8, 4) is 0 Å². The van der Waals surface area contributed by atoms with Crippen molar-refractivity contribution in [1.29, 1.82) is 0 Å². The lowest BCUT2D eigenvalue weighted by molar-refractivity contribution is 1.71. The van der Waals surface area contributed by atoms with Crippen LogP contribution in [-0.2, 0) is 0 Å². The lowest BCUT2D eigenvalue weighted by Crippen LogP contribution is -2.55. The van der Waals surface area contributed by atoms with Gasteiger partial charge in [0.15, 0.2) is 16.1 Å². The van der Waals surface area contributed by atoms with Gasteiger partial charge in [-0.15, -0.1) is 26.3 Å². The van der Waals surface area contributed by atoms with Crippen LogP contribution in [0.3, 0.4) is 0 Å². The smallest absolute Gasteiger partial charge is 0.106 e. The van der Waals surface area contributed by atoms with Crippen molar-refractivity contribution in [3.63, 3.8) is 0 Å². The van der Waals surface area contributed by atoms with Crippen LogP contribution in [-0.4, -0.2) is 16.1 Å². The van der Waals surface area contributed by atoms with Gasteiger partial charge in [0.2, 0.25) is 0 Å². The van der Waals surface area contributed by atoms with E-state index in [1.54, 1.807) is 0 Å². The molecule has 0 aliphatic heterocycles. The molecule has 0 bridgehead atoms. The van der Waals surface area contributed by atoms with E-state index in [0.717, 1.165) is 0 Å². The molecule has 2 heteroatoms. The summed E-state index contributed by atoms with van der Waals surface area (Å²) >= 11 is 0. The summed E-state index contributed by atoms with van der Waals surface area (Å²) in [6.45, 7) is 16.2. The summed E-state index contributed by atoms with van der Waals surface area (Å²) in [7, 11) is -3.94. The highest BCUT2D eigenvalue weighted by molar-refractivity contribution is 7.09. The number of hydrogen-bond acceptors (Lipinski definition) is 0. The predicted octanol–water partition coefficient (Wildman–Crippen LogP) is 5.40. The number of rotatable bonds is 8. The number of benzene rings is 4. The van der Waals surface area contributed by atoms with Crippen LogP contribution in [0, 0.1) is 0 Å². The molecule has 0 aliphatic rings. The molecule has 0 radical (unpaired) electrons. The highest BCUT2D eigenvalue weighted by Crippen LogP contribution is 2.09. The molecule has 4 aromatic carbocycles. The lowest BCUT2D eigenvalue weighted by Gasteiger charge is -2.25. The molecule has 0 aliphatic carbocycles. The maximum absolute atomic E-state index is 4.05. The van der Waals surface area contributed by atoms with E-state index in [1.165, 1.54) is 20.7 Å². The molecule has 0 amide bonds. The SMILES string of the molecule is C=C[Si](C=C)(c1ccccc1)c1ccccc1.C=C[Si](C=C)(c1ccccc1)c1ccccc1. The van der Waals surface area contributed by atoms with Crippen molar-refractivity contribution in [2.24, 2.45) is 0 Å². The fourth-order valence-corrected chi connectivity index (χ4v) is 10.2. The molecule has 0 saturated heterocycles. The van der Waals surface area contributed by atoms with Gasteiger partial charge in [-0.1, -0.05) is 144 Å². The maximum atomic E-state index is 4.05. The average molecular weight is 473 g/mol. The third-order valence-corrected chi connectivity index (χ3v) is 14.0. The molecule has 0 nitrogen and oxygen atoms in total. The van der Waals surface area contributed by atoms with Gasteiger partial charge >= 0.3 is 0 Å². The molecule has 168 valence electrons. The van der Waals surface area contributed by atoms with Gasteiger partial charge in [-0.05, 0) is 20.7 Å². The molecule has 4 aromatic rings. The Morgan fingerprint density at radius 1 is 0.324 bits per heavy atom. The largest absolute Gasteiger partial charge is 0.163 e. The van der Waals surface area contributed by atoms with Gasteiger partial charge in [-0.3, -0.25) is 0 Å². The van der Waals surface area contributed by atoms with E-state index in [9.17, 15) is 0 Å². The van der Waals surface area contributed by atoms with E-state index in [0.29, 0.717) is 0 Å². The summed E-state index contributed by atoms with van der Waals surface area (Å²) in [6.07, 6.45) is 0. The summed E-state index contributed by atoms with van der Waals surface area (Å²) in [4.78, 5) is 0. The Morgan fingerprint density at radius 3 is 0.647 bits per heavy atom. The van der Waals surface area contributed by atoms with Crippen LogP contribution in [0.2, 0.25) is 0 Å². The van der Waals surface area contributed by atoms with E-state index in [1.807, 2.05) is 24.3 Å². The minimum absolute atomic E-state index is 1.33. The molecular formula is C32H32Si2. The first kappa shape index (κ1) is 24.9. The molecule has 0 atom stereocenters. The summed E-state index contributed by atoms with van der Waals surface area (Å²) in [5.41, 5.74) is 8.35. The molecule has 0 N–H and O–H groups in total. The van der Waals surface area contributed by atoms with E-state index in [2.05, 4.69) is 146 Å². The standard InChI is InChI=1S/2C16H16Si/c2*1-3-17(4-2,15-11-7-5-8-12-15)16-13-9-6-10-14-16/h2*3-14H,1-2H2. The van der Waals surface area contributed by atoms with Crippen molar-refractivity contribution in [1.82, 2.24) is 0 Å². The van der Waals surface area contributed by atoms with Gasteiger partial charge in [0, 0.05) is 0 Å². The van der Waals surface area contributed by atoms with E-state index >= 15 is 0 Å². The average Bonchev–Trinajstić information content (AvgIpc) is 2.94. The van der Waals surface area contributed by atoms with Crippen LogP contribution in [0.25, 0.3) is 0 Å². The topological polar surface area (TPSA) is 0 Å². The van der Waals surface area contributed by atoms with E-state index < -0.39 is 16.1 Å². The van der Waals surface area contributed by atoms with E-state index in [-0.39, 0.29) is 0 Å². The van der Waals surface area contributed by atoms with E-state index in [4.69, 9.17) is 0 Å². The first-order valence-corrected chi connectivity index (χ1v) is 15.7. The van der Waals surface area contributed by atoms with Gasteiger partial charge < -0.3 is 0 Å². The molecule has 34 heavy (non-hydrogen) atoms. The lowest BCUT2D eigenvalue weighted by atomic mass is 10.4. The van der Waals surface area contributed by atoms with Crippen molar-refractivity contribution < 1.29 is 0 Å². The summed E-state index contributed by atoms with van der Waals surface area (Å²) in [5, 5.41) is 5.32. The van der Waals surface area contributed by atoms with Gasteiger partial charge in [0.25, 0.3) is 0 Å². The molecule has 0 heterocycles. The Bertz CT molecular complexity index is 999. The monoisotopic (exact) mass is 472 g/mol.